The highest BCUT2D eigenvalue weighted by Gasteiger charge is 2.16. The summed E-state index contributed by atoms with van der Waals surface area (Å²) < 4.78 is 6.01. The average molecular weight is 297 g/mol. The zero-order chi connectivity index (χ0) is 13.7. The first-order chi connectivity index (χ1) is 9.16. The van der Waals surface area contributed by atoms with Crippen LogP contribution in [0.5, 0.6) is 5.75 Å². The summed E-state index contributed by atoms with van der Waals surface area (Å²) in [5, 5.41) is 0. The van der Waals surface area contributed by atoms with Crippen molar-refractivity contribution in [3.8, 4) is 5.75 Å². The Morgan fingerprint density at radius 2 is 1.89 bits per heavy atom. The Hall–Kier alpha value is -0.810. The van der Waals surface area contributed by atoms with E-state index < -0.39 is 0 Å². The molecular weight excluding hydrogens is 278 g/mol. The monoisotopic (exact) mass is 297 g/mol. The zero-order valence-corrected chi connectivity index (χ0v) is 12.9. The lowest BCUT2D eigenvalue weighted by atomic mass is 10.2. The van der Waals surface area contributed by atoms with E-state index >= 15 is 0 Å². The molecular formula is C14H19NO2S2. The number of thioether (sulfide) groups is 2. The van der Waals surface area contributed by atoms with Crippen molar-refractivity contribution in [1.29, 1.82) is 0 Å². The predicted molar refractivity (Wildman–Crippen MR) is 82.9 cm³/mol. The largest absolute Gasteiger partial charge is 0.484 e. The van der Waals surface area contributed by atoms with Crippen molar-refractivity contribution in [2.45, 2.75) is 11.0 Å². The van der Waals surface area contributed by atoms with Crippen LogP contribution < -0.4 is 4.74 Å². The maximum atomic E-state index is 11.4. The number of nitrogens with zero attached hydrogens (tertiary/aromatic N) is 1. The van der Waals surface area contributed by atoms with Gasteiger partial charge in [-0.1, -0.05) is 12.1 Å². The van der Waals surface area contributed by atoms with Gasteiger partial charge in [0.1, 0.15) is 5.75 Å². The van der Waals surface area contributed by atoms with Crippen molar-refractivity contribution in [3.05, 3.63) is 29.8 Å². The van der Waals surface area contributed by atoms with Crippen LogP contribution in [0.15, 0.2) is 24.3 Å². The van der Waals surface area contributed by atoms with E-state index in [-0.39, 0.29) is 12.5 Å². The first-order valence-corrected chi connectivity index (χ1v) is 8.42. The van der Waals surface area contributed by atoms with Gasteiger partial charge in [-0.3, -0.25) is 4.79 Å². The van der Waals surface area contributed by atoms with E-state index in [9.17, 15) is 4.79 Å². The second-order valence-corrected chi connectivity index (χ2v) is 7.30. The second kappa shape index (κ2) is 7.10. The maximum Gasteiger partial charge on any atom is 0.259 e. The number of ether oxygens (including phenoxy) is 1. The van der Waals surface area contributed by atoms with Crippen LogP contribution in [-0.4, -0.2) is 43.0 Å². The van der Waals surface area contributed by atoms with Gasteiger partial charge in [0.25, 0.3) is 5.91 Å². The van der Waals surface area contributed by atoms with Crippen molar-refractivity contribution in [2.24, 2.45) is 0 Å². The molecule has 0 atom stereocenters. The molecule has 0 saturated carbocycles. The number of rotatable bonds is 4. The fourth-order valence-corrected chi connectivity index (χ4v) is 4.57. The summed E-state index contributed by atoms with van der Waals surface area (Å²) in [4.78, 5) is 13.0. The second-order valence-electron chi connectivity index (χ2n) is 4.57. The van der Waals surface area contributed by atoms with Gasteiger partial charge in [-0.2, -0.15) is 0 Å². The highest BCUT2D eigenvalue weighted by atomic mass is 32.2. The van der Waals surface area contributed by atoms with Gasteiger partial charge in [-0.25, -0.2) is 0 Å². The molecule has 0 aliphatic carbocycles. The molecule has 1 saturated heterocycles. The van der Waals surface area contributed by atoms with Gasteiger partial charge < -0.3 is 9.64 Å². The molecule has 1 fully saturated rings. The molecule has 0 bridgehead atoms. The molecule has 1 amide bonds. The zero-order valence-electron chi connectivity index (χ0n) is 11.3. The summed E-state index contributed by atoms with van der Waals surface area (Å²) in [6.45, 7) is 0.0965. The summed E-state index contributed by atoms with van der Waals surface area (Å²) >= 11 is 4.01. The normalized spacial score (nSPS) is 16.1. The Bertz CT molecular complexity index is 414. The molecule has 0 unspecified atom stereocenters. The molecule has 104 valence electrons. The highest BCUT2D eigenvalue weighted by Crippen LogP contribution is 2.43. The van der Waals surface area contributed by atoms with Gasteiger partial charge in [0.15, 0.2) is 6.61 Å². The van der Waals surface area contributed by atoms with Crippen LogP contribution >= 0.6 is 23.5 Å². The Morgan fingerprint density at radius 3 is 2.47 bits per heavy atom. The summed E-state index contributed by atoms with van der Waals surface area (Å²) in [6, 6.07) is 8.11. The number of hydrogen-bond donors (Lipinski definition) is 0. The minimum absolute atomic E-state index is 0.0255. The van der Waals surface area contributed by atoms with Crippen LogP contribution in [0.25, 0.3) is 0 Å². The van der Waals surface area contributed by atoms with Crippen LogP contribution in [0.4, 0.5) is 0 Å². The van der Waals surface area contributed by atoms with E-state index in [1.165, 1.54) is 28.4 Å². The molecule has 0 spiro atoms. The van der Waals surface area contributed by atoms with Gasteiger partial charge in [-0.05, 0) is 35.6 Å². The summed E-state index contributed by atoms with van der Waals surface area (Å²) in [5.74, 6) is 3.22. The summed E-state index contributed by atoms with van der Waals surface area (Å²) in [6.07, 6.45) is 1.31. The molecule has 1 aromatic rings. The fraction of sp³-hybridized carbons (Fsp3) is 0.500. The first-order valence-electron chi connectivity index (χ1n) is 6.33. The van der Waals surface area contributed by atoms with E-state index in [0.29, 0.717) is 4.58 Å². The maximum absolute atomic E-state index is 11.4. The van der Waals surface area contributed by atoms with Crippen LogP contribution in [0.2, 0.25) is 0 Å². The van der Waals surface area contributed by atoms with Crippen LogP contribution in [-0.2, 0) is 4.79 Å². The summed E-state index contributed by atoms with van der Waals surface area (Å²) in [5.41, 5.74) is 1.33. The molecule has 1 aliphatic heterocycles. The lowest BCUT2D eigenvalue weighted by molar-refractivity contribution is -0.130. The average Bonchev–Trinajstić information content (AvgIpc) is 2.46. The molecule has 0 radical (unpaired) electrons. The number of carbonyl (C=O) groups excluding carboxylic acids is 1. The number of benzene rings is 1. The van der Waals surface area contributed by atoms with Crippen molar-refractivity contribution in [2.75, 3.05) is 32.2 Å². The number of amides is 1. The third-order valence-electron chi connectivity index (χ3n) is 2.84. The molecule has 2 rings (SSSR count). The van der Waals surface area contributed by atoms with Gasteiger partial charge in [0, 0.05) is 14.1 Å². The van der Waals surface area contributed by atoms with E-state index in [4.69, 9.17) is 4.74 Å². The van der Waals surface area contributed by atoms with Crippen molar-refractivity contribution >= 4 is 29.4 Å². The SMILES string of the molecule is CN(C)C(=O)COc1ccc(C2SCCCS2)cc1. The predicted octanol–water partition coefficient (Wildman–Crippen LogP) is 3.02. The number of carbonyl (C=O) groups is 1. The van der Waals surface area contributed by atoms with Gasteiger partial charge in [-0.15, -0.1) is 23.5 Å². The fourth-order valence-electron chi connectivity index (χ4n) is 1.68. The van der Waals surface area contributed by atoms with Gasteiger partial charge in [0.05, 0.1) is 4.58 Å². The molecule has 5 heteroatoms. The molecule has 0 N–H and O–H groups in total. The smallest absolute Gasteiger partial charge is 0.259 e. The quantitative estimate of drug-likeness (QED) is 0.854. The Morgan fingerprint density at radius 1 is 1.26 bits per heavy atom. The van der Waals surface area contributed by atoms with Gasteiger partial charge in [0.2, 0.25) is 0 Å². The third-order valence-corrected chi connectivity index (χ3v) is 5.86. The lowest BCUT2D eigenvalue weighted by Gasteiger charge is -2.21. The van der Waals surface area contributed by atoms with Crippen molar-refractivity contribution in [1.82, 2.24) is 4.90 Å². The van der Waals surface area contributed by atoms with Crippen molar-refractivity contribution < 1.29 is 9.53 Å². The Balaban J connectivity index is 1.89. The van der Waals surface area contributed by atoms with E-state index in [2.05, 4.69) is 12.1 Å². The Labute approximate surface area is 123 Å². The molecule has 1 aromatic carbocycles. The minimum atomic E-state index is -0.0255. The molecule has 0 aromatic heterocycles. The summed E-state index contributed by atoms with van der Waals surface area (Å²) in [7, 11) is 3.46. The molecule has 3 nitrogen and oxygen atoms in total. The lowest BCUT2D eigenvalue weighted by Crippen LogP contribution is -2.27. The Kier molecular flexibility index (Phi) is 5.45. The molecule has 19 heavy (non-hydrogen) atoms. The van der Waals surface area contributed by atoms with Crippen LogP contribution in [0, 0.1) is 0 Å². The molecule has 1 aliphatic rings. The van der Waals surface area contributed by atoms with Crippen LogP contribution in [0.1, 0.15) is 16.6 Å². The molecule has 1 heterocycles. The van der Waals surface area contributed by atoms with E-state index in [1.807, 2.05) is 35.7 Å². The topological polar surface area (TPSA) is 29.5 Å². The first kappa shape index (κ1) is 14.6. The van der Waals surface area contributed by atoms with E-state index in [0.717, 1.165) is 5.75 Å². The van der Waals surface area contributed by atoms with Crippen molar-refractivity contribution in [3.63, 3.8) is 0 Å². The minimum Gasteiger partial charge on any atom is -0.484 e. The highest BCUT2D eigenvalue weighted by molar-refractivity contribution is 8.16. The van der Waals surface area contributed by atoms with E-state index in [1.54, 1.807) is 14.1 Å². The van der Waals surface area contributed by atoms with Crippen LogP contribution in [0.3, 0.4) is 0 Å². The van der Waals surface area contributed by atoms with Gasteiger partial charge >= 0.3 is 0 Å². The third kappa shape index (κ3) is 4.35. The number of likely N-dealkylation sites (N-methyl/N-ethyl adjacent to an activating group) is 1. The number of hydrogen-bond acceptors (Lipinski definition) is 4. The standard InChI is InChI=1S/C14H19NO2S2/c1-15(2)13(16)10-17-12-6-4-11(5-7-12)14-18-8-3-9-19-14/h4-7,14H,3,8-10H2,1-2H3.